The summed E-state index contributed by atoms with van der Waals surface area (Å²) in [5.74, 6) is 0. The lowest BCUT2D eigenvalue weighted by Crippen LogP contribution is -2.30. The van der Waals surface area contributed by atoms with Gasteiger partial charge in [-0.15, -0.1) is 5.10 Å². The second-order valence-electron chi connectivity index (χ2n) is 5.12. The topological polar surface area (TPSA) is 46.0 Å². The Morgan fingerprint density at radius 3 is 2.94 bits per heavy atom. The highest BCUT2D eigenvalue weighted by Gasteiger charge is 2.28. The van der Waals surface area contributed by atoms with Gasteiger partial charge in [-0.2, -0.15) is 0 Å². The van der Waals surface area contributed by atoms with Crippen molar-refractivity contribution in [1.29, 1.82) is 0 Å². The molecule has 1 N–H and O–H groups in total. The first-order valence-electron chi connectivity index (χ1n) is 7.11. The zero-order valence-corrected chi connectivity index (χ0v) is 11.6. The number of nitrogens with zero attached hydrogens (tertiary/aromatic N) is 4. The Morgan fingerprint density at radius 1 is 1.44 bits per heavy atom. The molecule has 5 nitrogen and oxygen atoms in total. The van der Waals surface area contributed by atoms with Crippen LogP contribution in [0.3, 0.4) is 0 Å². The van der Waals surface area contributed by atoms with E-state index in [2.05, 4.69) is 27.5 Å². The number of hydrogen-bond acceptors (Lipinski definition) is 4. The van der Waals surface area contributed by atoms with E-state index in [-0.39, 0.29) is 0 Å². The lowest BCUT2D eigenvalue weighted by atomic mass is 10.3. The molecule has 5 heteroatoms. The van der Waals surface area contributed by atoms with E-state index in [9.17, 15) is 0 Å². The van der Waals surface area contributed by atoms with Crippen LogP contribution < -0.4 is 5.32 Å². The van der Waals surface area contributed by atoms with Crippen molar-refractivity contribution in [3.63, 3.8) is 0 Å². The van der Waals surface area contributed by atoms with Crippen molar-refractivity contribution < 1.29 is 0 Å². The molecule has 0 aromatic carbocycles. The van der Waals surface area contributed by atoms with Crippen molar-refractivity contribution in [3.8, 4) is 0 Å². The SMILES string of the molecule is CCCCN(CCn1cc(CNC)nn1)C1CC1. The molecule has 1 aliphatic carbocycles. The number of aromatic nitrogens is 3. The molecule has 0 radical (unpaired) electrons. The molecule has 0 amide bonds. The summed E-state index contributed by atoms with van der Waals surface area (Å²) >= 11 is 0. The molecule has 0 unspecified atom stereocenters. The van der Waals surface area contributed by atoms with Crippen LogP contribution >= 0.6 is 0 Å². The molecule has 0 saturated heterocycles. The molecule has 0 spiro atoms. The van der Waals surface area contributed by atoms with E-state index < -0.39 is 0 Å². The molecule has 1 aromatic rings. The smallest absolute Gasteiger partial charge is 0.0964 e. The van der Waals surface area contributed by atoms with Gasteiger partial charge in [-0.3, -0.25) is 9.58 Å². The van der Waals surface area contributed by atoms with E-state index in [0.29, 0.717) is 0 Å². The summed E-state index contributed by atoms with van der Waals surface area (Å²) in [4.78, 5) is 2.61. The summed E-state index contributed by atoms with van der Waals surface area (Å²) in [6, 6.07) is 0.844. The molecule has 2 rings (SSSR count). The molecule has 18 heavy (non-hydrogen) atoms. The Morgan fingerprint density at radius 2 is 2.28 bits per heavy atom. The van der Waals surface area contributed by atoms with Gasteiger partial charge >= 0.3 is 0 Å². The van der Waals surface area contributed by atoms with Crippen molar-refractivity contribution in [3.05, 3.63) is 11.9 Å². The van der Waals surface area contributed by atoms with Gasteiger partial charge in [0, 0.05) is 25.3 Å². The second kappa shape index (κ2) is 6.85. The summed E-state index contributed by atoms with van der Waals surface area (Å²) in [5.41, 5.74) is 1.02. The van der Waals surface area contributed by atoms with Crippen LogP contribution in [0.4, 0.5) is 0 Å². The quantitative estimate of drug-likeness (QED) is 0.718. The average molecular weight is 251 g/mol. The van der Waals surface area contributed by atoms with Crippen molar-refractivity contribution >= 4 is 0 Å². The molecular formula is C13H25N5. The first kappa shape index (κ1) is 13.5. The highest BCUT2D eigenvalue weighted by molar-refractivity contribution is 4.91. The third kappa shape index (κ3) is 4.07. The summed E-state index contributed by atoms with van der Waals surface area (Å²) in [6.07, 6.45) is 7.39. The van der Waals surface area contributed by atoms with E-state index in [4.69, 9.17) is 0 Å². The van der Waals surface area contributed by atoms with E-state index in [1.807, 2.05) is 17.9 Å². The first-order chi connectivity index (χ1) is 8.83. The maximum Gasteiger partial charge on any atom is 0.0964 e. The number of nitrogens with one attached hydrogen (secondary N) is 1. The Labute approximate surface area is 110 Å². The molecule has 1 saturated carbocycles. The summed E-state index contributed by atoms with van der Waals surface area (Å²) in [7, 11) is 1.93. The van der Waals surface area contributed by atoms with Crippen LogP contribution in [0.25, 0.3) is 0 Å². The largest absolute Gasteiger partial charge is 0.314 e. The van der Waals surface area contributed by atoms with Gasteiger partial charge in [0.15, 0.2) is 0 Å². The Kier molecular flexibility index (Phi) is 5.13. The fraction of sp³-hybridized carbons (Fsp3) is 0.846. The van der Waals surface area contributed by atoms with Gasteiger partial charge in [-0.1, -0.05) is 18.6 Å². The molecule has 0 bridgehead atoms. The predicted molar refractivity (Wildman–Crippen MR) is 72.3 cm³/mol. The average Bonchev–Trinajstić information content (AvgIpc) is 3.11. The number of unbranched alkanes of at least 4 members (excludes halogenated alkanes) is 1. The monoisotopic (exact) mass is 251 g/mol. The van der Waals surface area contributed by atoms with E-state index >= 15 is 0 Å². The van der Waals surface area contributed by atoms with Gasteiger partial charge in [-0.05, 0) is 32.9 Å². The standard InChI is InChI=1S/C13H25N5/c1-3-4-7-17(13-5-6-13)8-9-18-11-12(10-14-2)15-16-18/h11,13-14H,3-10H2,1-2H3. The Hall–Kier alpha value is -0.940. The van der Waals surface area contributed by atoms with Crippen molar-refractivity contribution in [2.75, 3.05) is 20.1 Å². The Bertz CT molecular complexity index is 345. The second-order valence-corrected chi connectivity index (χ2v) is 5.12. The van der Waals surface area contributed by atoms with Crippen LogP contribution in [0.5, 0.6) is 0 Å². The molecule has 1 heterocycles. The maximum absolute atomic E-state index is 4.17. The molecule has 1 aromatic heterocycles. The third-order valence-electron chi connectivity index (χ3n) is 3.42. The zero-order valence-electron chi connectivity index (χ0n) is 11.6. The first-order valence-corrected chi connectivity index (χ1v) is 7.11. The van der Waals surface area contributed by atoms with Gasteiger partial charge in [0.25, 0.3) is 0 Å². The minimum absolute atomic E-state index is 0.794. The van der Waals surface area contributed by atoms with Crippen molar-refractivity contribution in [2.24, 2.45) is 0 Å². The van der Waals surface area contributed by atoms with Crippen LogP contribution in [-0.2, 0) is 13.1 Å². The fourth-order valence-electron chi connectivity index (χ4n) is 2.22. The number of hydrogen-bond donors (Lipinski definition) is 1. The van der Waals surface area contributed by atoms with Gasteiger partial charge < -0.3 is 5.32 Å². The van der Waals surface area contributed by atoms with E-state index in [1.165, 1.54) is 32.2 Å². The van der Waals surface area contributed by atoms with Gasteiger partial charge in [0.2, 0.25) is 0 Å². The summed E-state index contributed by atoms with van der Waals surface area (Å²) < 4.78 is 1.97. The third-order valence-corrected chi connectivity index (χ3v) is 3.42. The normalized spacial score (nSPS) is 15.5. The highest BCUT2D eigenvalue weighted by Crippen LogP contribution is 2.26. The van der Waals surface area contributed by atoms with Gasteiger partial charge in [-0.25, -0.2) is 0 Å². The molecule has 1 aliphatic rings. The zero-order chi connectivity index (χ0) is 12.8. The minimum Gasteiger partial charge on any atom is -0.314 e. The van der Waals surface area contributed by atoms with Crippen LogP contribution in [0.15, 0.2) is 6.20 Å². The van der Waals surface area contributed by atoms with Gasteiger partial charge in [0.1, 0.15) is 0 Å². The lowest BCUT2D eigenvalue weighted by molar-refractivity contribution is 0.244. The van der Waals surface area contributed by atoms with Crippen LogP contribution in [0.1, 0.15) is 38.3 Å². The summed E-state index contributed by atoms with van der Waals surface area (Å²) in [6.45, 7) is 6.35. The predicted octanol–water partition coefficient (Wildman–Crippen LogP) is 1.26. The van der Waals surface area contributed by atoms with Crippen LogP contribution in [0, 0.1) is 0 Å². The van der Waals surface area contributed by atoms with Crippen molar-refractivity contribution in [1.82, 2.24) is 25.2 Å². The maximum atomic E-state index is 4.17. The van der Waals surface area contributed by atoms with E-state index in [1.54, 1.807) is 0 Å². The highest BCUT2D eigenvalue weighted by atomic mass is 15.4. The Balaban J connectivity index is 1.76. The van der Waals surface area contributed by atoms with Gasteiger partial charge in [0.05, 0.1) is 12.2 Å². The minimum atomic E-state index is 0.794. The molecule has 0 atom stereocenters. The van der Waals surface area contributed by atoms with Crippen LogP contribution in [0.2, 0.25) is 0 Å². The molecule has 0 aliphatic heterocycles. The van der Waals surface area contributed by atoms with E-state index in [0.717, 1.165) is 31.4 Å². The van der Waals surface area contributed by atoms with Crippen molar-refractivity contribution in [2.45, 2.75) is 51.7 Å². The molecule has 102 valence electrons. The summed E-state index contributed by atoms with van der Waals surface area (Å²) in [5, 5.41) is 11.4. The number of rotatable bonds is 9. The molecular weight excluding hydrogens is 226 g/mol. The lowest BCUT2D eigenvalue weighted by Gasteiger charge is -2.21. The fourth-order valence-corrected chi connectivity index (χ4v) is 2.22. The van der Waals surface area contributed by atoms with Crippen LogP contribution in [-0.4, -0.2) is 46.1 Å². The molecule has 1 fully saturated rings.